The summed E-state index contributed by atoms with van der Waals surface area (Å²) in [5.41, 5.74) is 0.631. The molecule has 0 radical (unpaired) electrons. The van der Waals surface area contributed by atoms with Crippen LogP contribution in [0.4, 0.5) is 4.79 Å². The molecule has 1 aromatic heterocycles. The molecule has 0 bridgehead atoms. The molecule has 3 rings (SSSR count). The molecule has 8 nitrogen and oxygen atoms in total. The van der Waals surface area contributed by atoms with Crippen molar-refractivity contribution in [2.75, 3.05) is 13.7 Å². The van der Waals surface area contributed by atoms with Crippen molar-refractivity contribution in [3.63, 3.8) is 0 Å². The summed E-state index contributed by atoms with van der Waals surface area (Å²) in [5.74, 6) is 1.64. The van der Waals surface area contributed by atoms with Gasteiger partial charge in [-0.2, -0.15) is 0 Å². The van der Waals surface area contributed by atoms with E-state index in [4.69, 9.17) is 25.4 Å². The van der Waals surface area contributed by atoms with Crippen LogP contribution in [0.1, 0.15) is 21.9 Å². The fraction of sp³-hybridized carbons (Fsp3) is 0.150. The van der Waals surface area contributed by atoms with Crippen molar-refractivity contribution in [1.82, 2.24) is 4.90 Å². The molecule has 0 unspecified atom stereocenters. The van der Waals surface area contributed by atoms with Gasteiger partial charge in [-0.3, -0.25) is 14.5 Å². The van der Waals surface area contributed by atoms with Crippen molar-refractivity contribution in [3.8, 4) is 23.8 Å². The molecule has 29 heavy (non-hydrogen) atoms. The standard InChI is InChI=1S/C20H15NO7S/c1-3-8-21-18(22)17(29-20(21)25)10-12-4-6-14(16(9-12)26-2)27-11-13-5-7-15(28-13)19(23)24/h1,4-7,9-10H,8,11H2,2H3,(H,23,24)/b17-10+. The average molecular weight is 413 g/mol. The molecule has 1 fully saturated rings. The number of ether oxygens (including phenoxy) is 2. The first kappa shape index (κ1) is 20.1. The average Bonchev–Trinajstić information content (AvgIpc) is 3.28. The molecule has 2 amide bonds. The summed E-state index contributed by atoms with van der Waals surface area (Å²) in [6.45, 7) is -0.0670. The Morgan fingerprint density at radius 1 is 1.31 bits per heavy atom. The molecule has 148 valence electrons. The molecule has 1 N–H and O–H groups in total. The van der Waals surface area contributed by atoms with Gasteiger partial charge in [0.15, 0.2) is 11.5 Å². The number of hydrogen-bond donors (Lipinski definition) is 1. The molecular formula is C20H15NO7S. The zero-order chi connectivity index (χ0) is 21.0. The quantitative estimate of drug-likeness (QED) is 0.545. The Hall–Kier alpha value is -3.64. The van der Waals surface area contributed by atoms with Crippen LogP contribution in [0.15, 0.2) is 39.7 Å². The summed E-state index contributed by atoms with van der Waals surface area (Å²) in [7, 11) is 1.46. The highest BCUT2D eigenvalue weighted by atomic mass is 32.2. The van der Waals surface area contributed by atoms with Crippen molar-refractivity contribution < 1.29 is 33.4 Å². The molecule has 1 aliphatic heterocycles. The second kappa shape index (κ2) is 8.58. The van der Waals surface area contributed by atoms with Crippen molar-refractivity contribution in [3.05, 3.63) is 52.3 Å². The lowest BCUT2D eigenvalue weighted by Crippen LogP contribution is -2.28. The Morgan fingerprint density at radius 3 is 2.76 bits per heavy atom. The van der Waals surface area contributed by atoms with Crippen LogP contribution >= 0.6 is 11.8 Å². The van der Waals surface area contributed by atoms with Crippen LogP contribution in [0.2, 0.25) is 0 Å². The van der Waals surface area contributed by atoms with Gasteiger partial charge in [-0.25, -0.2) is 4.79 Å². The number of thioether (sulfide) groups is 1. The number of aromatic carboxylic acids is 1. The number of carbonyl (C=O) groups excluding carboxylic acids is 2. The van der Waals surface area contributed by atoms with E-state index < -0.39 is 17.1 Å². The lowest BCUT2D eigenvalue weighted by Gasteiger charge is -2.10. The first-order valence-electron chi connectivity index (χ1n) is 8.24. The molecule has 0 spiro atoms. The smallest absolute Gasteiger partial charge is 0.371 e. The zero-order valence-corrected chi connectivity index (χ0v) is 16.0. The molecule has 2 heterocycles. The molecule has 0 aliphatic carbocycles. The molecule has 2 aromatic rings. The van der Waals surface area contributed by atoms with Gasteiger partial charge in [0.05, 0.1) is 18.6 Å². The number of nitrogens with zero attached hydrogens (tertiary/aromatic N) is 1. The number of terminal acetylenes is 1. The maximum absolute atomic E-state index is 12.3. The number of methoxy groups -OCH3 is 1. The van der Waals surface area contributed by atoms with E-state index >= 15 is 0 Å². The number of carboxylic acids is 1. The predicted molar refractivity (Wildman–Crippen MR) is 105 cm³/mol. The first-order chi connectivity index (χ1) is 13.9. The highest BCUT2D eigenvalue weighted by molar-refractivity contribution is 8.18. The summed E-state index contributed by atoms with van der Waals surface area (Å²) >= 11 is 0.817. The maximum atomic E-state index is 12.3. The molecule has 1 aliphatic rings. The SMILES string of the molecule is C#CCN1C(=O)S/C(=C/c2ccc(OCc3ccc(C(=O)O)o3)c(OC)c2)C1=O. The van der Waals surface area contributed by atoms with Gasteiger partial charge >= 0.3 is 5.97 Å². The Labute approximate surface area is 170 Å². The summed E-state index contributed by atoms with van der Waals surface area (Å²) in [5, 5.41) is 8.46. The van der Waals surface area contributed by atoms with Gasteiger partial charge in [0.1, 0.15) is 12.4 Å². The second-order valence-corrected chi connectivity index (χ2v) is 6.74. The van der Waals surface area contributed by atoms with Crippen LogP contribution in [0.25, 0.3) is 6.08 Å². The molecule has 0 atom stereocenters. The maximum Gasteiger partial charge on any atom is 0.371 e. The van der Waals surface area contributed by atoms with Gasteiger partial charge in [-0.1, -0.05) is 12.0 Å². The van der Waals surface area contributed by atoms with E-state index in [1.54, 1.807) is 24.3 Å². The topological polar surface area (TPSA) is 106 Å². The number of hydrogen-bond acceptors (Lipinski definition) is 7. The minimum Gasteiger partial charge on any atom is -0.493 e. The number of carbonyl (C=O) groups is 3. The van der Waals surface area contributed by atoms with E-state index in [-0.39, 0.29) is 23.8 Å². The molecule has 9 heteroatoms. The van der Waals surface area contributed by atoms with Crippen molar-refractivity contribution >= 4 is 35.0 Å². The van der Waals surface area contributed by atoms with Crippen LogP contribution in [0.5, 0.6) is 11.5 Å². The molecular weight excluding hydrogens is 398 g/mol. The van der Waals surface area contributed by atoms with Gasteiger partial charge in [0.2, 0.25) is 5.76 Å². The van der Waals surface area contributed by atoms with Crippen LogP contribution in [-0.4, -0.2) is 40.8 Å². The number of amides is 2. The first-order valence-corrected chi connectivity index (χ1v) is 9.06. The second-order valence-electron chi connectivity index (χ2n) is 5.74. The molecule has 1 aromatic carbocycles. The van der Waals surface area contributed by atoms with E-state index in [2.05, 4.69) is 5.92 Å². The van der Waals surface area contributed by atoms with Gasteiger partial charge in [0, 0.05) is 0 Å². The van der Waals surface area contributed by atoms with E-state index in [1.807, 2.05) is 0 Å². The predicted octanol–water partition coefficient (Wildman–Crippen LogP) is 3.23. The highest BCUT2D eigenvalue weighted by Crippen LogP contribution is 2.34. The van der Waals surface area contributed by atoms with Crippen LogP contribution in [0, 0.1) is 12.3 Å². The fourth-order valence-corrected chi connectivity index (χ4v) is 3.33. The van der Waals surface area contributed by atoms with Crippen LogP contribution in [-0.2, 0) is 11.4 Å². The van der Waals surface area contributed by atoms with Crippen molar-refractivity contribution in [2.24, 2.45) is 0 Å². The summed E-state index contributed by atoms with van der Waals surface area (Å²) in [4.78, 5) is 36.2. The Balaban J connectivity index is 1.75. The minimum atomic E-state index is -1.16. The summed E-state index contributed by atoms with van der Waals surface area (Å²) in [6.07, 6.45) is 6.75. The number of rotatable bonds is 7. The number of furan rings is 1. The number of benzene rings is 1. The Bertz CT molecular complexity index is 1050. The van der Waals surface area contributed by atoms with E-state index in [0.717, 1.165) is 16.7 Å². The summed E-state index contributed by atoms with van der Waals surface area (Å²) in [6, 6.07) is 7.83. The third-order valence-electron chi connectivity index (χ3n) is 3.85. The monoisotopic (exact) mass is 413 g/mol. The molecule has 1 saturated heterocycles. The Kier molecular flexibility index (Phi) is 5.95. The van der Waals surface area contributed by atoms with E-state index in [9.17, 15) is 14.4 Å². The number of carboxylic acid groups (broad SMARTS) is 1. The third-order valence-corrected chi connectivity index (χ3v) is 4.76. The molecule has 0 saturated carbocycles. The third kappa shape index (κ3) is 4.44. The van der Waals surface area contributed by atoms with Gasteiger partial charge in [-0.15, -0.1) is 6.42 Å². The largest absolute Gasteiger partial charge is 0.493 e. The lowest BCUT2D eigenvalue weighted by molar-refractivity contribution is -0.122. The van der Waals surface area contributed by atoms with Crippen LogP contribution in [0.3, 0.4) is 0 Å². The van der Waals surface area contributed by atoms with Crippen molar-refractivity contribution in [2.45, 2.75) is 6.61 Å². The van der Waals surface area contributed by atoms with Gasteiger partial charge in [0.25, 0.3) is 11.1 Å². The van der Waals surface area contributed by atoms with E-state index in [0.29, 0.717) is 22.8 Å². The summed E-state index contributed by atoms with van der Waals surface area (Å²) < 4.78 is 16.1. The fourth-order valence-electron chi connectivity index (χ4n) is 2.49. The Morgan fingerprint density at radius 2 is 2.10 bits per heavy atom. The number of imide groups is 1. The van der Waals surface area contributed by atoms with E-state index in [1.165, 1.54) is 19.2 Å². The highest BCUT2D eigenvalue weighted by Gasteiger charge is 2.34. The zero-order valence-electron chi connectivity index (χ0n) is 15.2. The van der Waals surface area contributed by atoms with Crippen molar-refractivity contribution in [1.29, 1.82) is 0 Å². The van der Waals surface area contributed by atoms with Crippen LogP contribution < -0.4 is 9.47 Å². The lowest BCUT2D eigenvalue weighted by atomic mass is 10.2. The van der Waals surface area contributed by atoms with Gasteiger partial charge < -0.3 is 19.0 Å². The minimum absolute atomic E-state index is 0.00790. The van der Waals surface area contributed by atoms with Gasteiger partial charge in [-0.05, 0) is 47.7 Å². The normalized spacial score (nSPS) is 14.9.